The summed E-state index contributed by atoms with van der Waals surface area (Å²) in [5, 5.41) is 3.07. The van der Waals surface area contributed by atoms with Gasteiger partial charge in [0.15, 0.2) is 5.95 Å². The number of nitrogens with one attached hydrogen (secondary N) is 2. The molecule has 0 atom stereocenters. The Bertz CT molecular complexity index is 201. The smallest absolute Gasteiger partial charge is 0.200 e. The van der Waals surface area contributed by atoms with Crippen molar-refractivity contribution >= 4 is 5.95 Å². The average Bonchev–Trinajstić information content (AvgIpc) is 2.63. The van der Waals surface area contributed by atoms with Gasteiger partial charge in [0.25, 0.3) is 0 Å². The van der Waals surface area contributed by atoms with Gasteiger partial charge < -0.3 is 19.8 Å². The highest BCUT2D eigenvalue weighted by Gasteiger charge is 1.91. The van der Waals surface area contributed by atoms with Crippen LogP contribution in [0.1, 0.15) is 0 Å². The van der Waals surface area contributed by atoms with Crippen LogP contribution in [0.2, 0.25) is 0 Å². The molecular weight excluding hydrogens is 170 g/mol. The van der Waals surface area contributed by atoms with Crippen LogP contribution in [0.3, 0.4) is 0 Å². The van der Waals surface area contributed by atoms with Gasteiger partial charge in [-0.25, -0.2) is 4.98 Å². The number of aromatic amines is 1. The van der Waals surface area contributed by atoms with Crippen molar-refractivity contribution in [1.82, 2.24) is 9.97 Å². The summed E-state index contributed by atoms with van der Waals surface area (Å²) in [4.78, 5) is 6.94. The monoisotopic (exact) mass is 185 g/mol. The molecule has 0 aliphatic heterocycles. The number of ether oxygens (including phenoxy) is 2. The van der Waals surface area contributed by atoms with Crippen molar-refractivity contribution in [3.05, 3.63) is 12.4 Å². The second-order valence-corrected chi connectivity index (χ2v) is 2.47. The predicted molar refractivity (Wildman–Crippen MR) is 49.8 cm³/mol. The number of imidazole rings is 1. The minimum absolute atomic E-state index is 0.635. The highest BCUT2D eigenvalue weighted by molar-refractivity contribution is 5.22. The Morgan fingerprint density at radius 2 is 2.38 bits per heavy atom. The number of rotatable bonds is 7. The summed E-state index contributed by atoms with van der Waals surface area (Å²) in [5.74, 6) is 0.773. The van der Waals surface area contributed by atoms with Crippen molar-refractivity contribution in [1.29, 1.82) is 0 Å². The largest absolute Gasteiger partial charge is 0.382 e. The molecule has 0 aromatic carbocycles. The highest BCUT2D eigenvalue weighted by atomic mass is 16.5. The molecule has 0 fully saturated rings. The Morgan fingerprint density at radius 1 is 1.46 bits per heavy atom. The first-order valence-electron chi connectivity index (χ1n) is 4.23. The zero-order valence-electron chi connectivity index (χ0n) is 7.75. The Labute approximate surface area is 77.5 Å². The molecule has 5 heteroatoms. The fraction of sp³-hybridized carbons (Fsp3) is 0.625. The summed E-state index contributed by atoms with van der Waals surface area (Å²) in [6.45, 7) is 2.68. The molecule has 0 bridgehead atoms. The molecule has 0 aliphatic rings. The zero-order valence-corrected chi connectivity index (χ0v) is 7.75. The maximum absolute atomic E-state index is 5.24. The van der Waals surface area contributed by atoms with E-state index in [0.29, 0.717) is 19.8 Å². The lowest BCUT2D eigenvalue weighted by molar-refractivity contribution is 0.0759. The number of hydrogen-bond acceptors (Lipinski definition) is 4. The van der Waals surface area contributed by atoms with Gasteiger partial charge >= 0.3 is 0 Å². The van der Waals surface area contributed by atoms with Crippen molar-refractivity contribution in [2.45, 2.75) is 0 Å². The second kappa shape index (κ2) is 6.45. The van der Waals surface area contributed by atoms with Crippen LogP contribution in [-0.2, 0) is 9.47 Å². The van der Waals surface area contributed by atoms with Crippen molar-refractivity contribution in [2.24, 2.45) is 0 Å². The molecule has 1 aromatic rings. The fourth-order valence-corrected chi connectivity index (χ4v) is 0.848. The average molecular weight is 185 g/mol. The first-order chi connectivity index (χ1) is 6.43. The quantitative estimate of drug-likeness (QED) is 0.607. The van der Waals surface area contributed by atoms with Crippen molar-refractivity contribution in [3.8, 4) is 0 Å². The van der Waals surface area contributed by atoms with Crippen molar-refractivity contribution in [3.63, 3.8) is 0 Å². The predicted octanol–water partition coefficient (Wildman–Crippen LogP) is 0.485. The third kappa shape index (κ3) is 4.49. The molecule has 2 N–H and O–H groups in total. The third-order valence-corrected chi connectivity index (χ3v) is 1.47. The molecular formula is C8H15N3O2. The Kier molecular flexibility index (Phi) is 4.97. The fourth-order valence-electron chi connectivity index (χ4n) is 0.848. The van der Waals surface area contributed by atoms with Crippen LogP contribution in [0, 0.1) is 0 Å². The van der Waals surface area contributed by atoms with E-state index in [0.717, 1.165) is 12.5 Å². The number of anilines is 1. The van der Waals surface area contributed by atoms with Gasteiger partial charge in [0.1, 0.15) is 0 Å². The van der Waals surface area contributed by atoms with Gasteiger partial charge in [-0.05, 0) is 0 Å². The normalized spacial score (nSPS) is 10.2. The van der Waals surface area contributed by atoms with Gasteiger partial charge in [0.05, 0.1) is 19.8 Å². The van der Waals surface area contributed by atoms with E-state index >= 15 is 0 Å². The summed E-state index contributed by atoms with van der Waals surface area (Å²) in [6.07, 6.45) is 3.47. The first-order valence-corrected chi connectivity index (χ1v) is 4.23. The molecule has 0 spiro atoms. The lowest BCUT2D eigenvalue weighted by atomic mass is 10.6. The number of methoxy groups -OCH3 is 1. The Balaban J connectivity index is 1.90. The molecule has 13 heavy (non-hydrogen) atoms. The minimum atomic E-state index is 0.635. The second-order valence-electron chi connectivity index (χ2n) is 2.47. The van der Waals surface area contributed by atoms with Gasteiger partial charge in [0.2, 0.25) is 0 Å². The van der Waals surface area contributed by atoms with E-state index in [4.69, 9.17) is 9.47 Å². The zero-order chi connectivity index (χ0) is 9.36. The van der Waals surface area contributed by atoms with Crippen molar-refractivity contribution in [2.75, 3.05) is 38.8 Å². The number of hydrogen-bond donors (Lipinski definition) is 2. The molecule has 74 valence electrons. The number of nitrogens with zero attached hydrogens (tertiary/aromatic N) is 1. The van der Waals surface area contributed by atoms with Crippen LogP contribution in [-0.4, -0.2) is 43.4 Å². The maximum atomic E-state index is 5.24. The summed E-state index contributed by atoms with van der Waals surface area (Å²) in [6, 6.07) is 0. The SMILES string of the molecule is COCCOCCNc1ncc[nH]1. The Morgan fingerprint density at radius 3 is 3.08 bits per heavy atom. The molecule has 1 aromatic heterocycles. The van der Waals surface area contributed by atoms with E-state index in [1.807, 2.05) is 0 Å². The van der Waals surface area contributed by atoms with E-state index < -0.39 is 0 Å². The van der Waals surface area contributed by atoms with Crippen LogP contribution < -0.4 is 5.32 Å². The molecule has 0 aliphatic carbocycles. The van der Waals surface area contributed by atoms with Crippen LogP contribution in [0.5, 0.6) is 0 Å². The minimum Gasteiger partial charge on any atom is -0.382 e. The van der Waals surface area contributed by atoms with Crippen LogP contribution in [0.15, 0.2) is 12.4 Å². The lowest BCUT2D eigenvalue weighted by Crippen LogP contribution is -2.12. The van der Waals surface area contributed by atoms with Gasteiger partial charge in [-0.2, -0.15) is 0 Å². The maximum Gasteiger partial charge on any atom is 0.200 e. The molecule has 0 saturated carbocycles. The molecule has 0 unspecified atom stereocenters. The van der Waals surface area contributed by atoms with E-state index in [9.17, 15) is 0 Å². The van der Waals surface area contributed by atoms with Gasteiger partial charge in [-0.1, -0.05) is 0 Å². The van der Waals surface area contributed by atoms with Crippen LogP contribution >= 0.6 is 0 Å². The molecule has 1 heterocycles. The summed E-state index contributed by atoms with van der Waals surface area (Å²) in [7, 11) is 1.66. The topological polar surface area (TPSA) is 59.2 Å². The number of aromatic nitrogens is 2. The summed E-state index contributed by atoms with van der Waals surface area (Å²) < 4.78 is 10.1. The summed E-state index contributed by atoms with van der Waals surface area (Å²) >= 11 is 0. The molecule has 1 rings (SSSR count). The highest BCUT2D eigenvalue weighted by Crippen LogP contribution is 1.92. The van der Waals surface area contributed by atoms with Crippen molar-refractivity contribution < 1.29 is 9.47 Å². The first kappa shape index (κ1) is 10.0. The molecule has 0 amide bonds. The van der Waals surface area contributed by atoms with Gasteiger partial charge in [-0.3, -0.25) is 0 Å². The molecule has 5 nitrogen and oxygen atoms in total. The molecule has 0 radical (unpaired) electrons. The third-order valence-electron chi connectivity index (χ3n) is 1.47. The van der Waals surface area contributed by atoms with E-state index in [-0.39, 0.29) is 0 Å². The molecule has 0 saturated heterocycles. The van der Waals surface area contributed by atoms with E-state index in [1.165, 1.54) is 0 Å². The van der Waals surface area contributed by atoms with E-state index in [1.54, 1.807) is 19.5 Å². The van der Waals surface area contributed by atoms with Gasteiger partial charge in [-0.15, -0.1) is 0 Å². The van der Waals surface area contributed by atoms with Crippen LogP contribution in [0.4, 0.5) is 5.95 Å². The van der Waals surface area contributed by atoms with Crippen LogP contribution in [0.25, 0.3) is 0 Å². The van der Waals surface area contributed by atoms with Gasteiger partial charge in [0, 0.05) is 26.0 Å². The number of H-pyrrole nitrogens is 1. The standard InChI is InChI=1S/C8H15N3O2/c1-12-6-7-13-5-4-11-8-9-2-3-10-8/h2-3H,4-7H2,1H3,(H2,9,10,11). The lowest BCUT2D eigenvalue weighted by Gasteiger charge is -2.03. The van der Waals surface area contributed by atoms with E-state index in [2.05, 4.69) is 15.3 Å². The summed E-state index contributed by atoms with van der Waals surface area (Å²) in [5.41, 5.74) is 0. The Hall–Kier alpha value is -1.07.